The van der Waals surface area contributed by atoms with Gasteiger partial charge in [0.1, 0.15) is 0 Å². The number of nitrogens with two attached hydrogens (primary N) is 1. The molecule has 1 aliphatic rings. The van der Waals surface area contributed by atoms with E-state index >= 15 is 0 Å². The molecule has 1 saturated carbocycles. The second-order valence-electron chi connectivity index (χ2n) is 7.19. The molecule has 0 bridgehead atoms. The second kappa shape index (κ2) is 6.28. The zero-order valence-corrected chi connectivity index (χ0v) is 13.5. The van der Waals surface area contributed by atoms with Crippen LogP contribution in [0.2, 0.25) is 0 Å². The summed E-state index contributed by atoms with van der Waals surface area (Å²) in [5.74, 6) is 6.71. The highest BCUT2D eigenvalue weighted by molar-refractivity contribution is 5.32. The standard InChI is InChI=1S/C18H30N2/c1-13(2)12-18(7-5-6-8-18)17(20-19)16-10-14(3)9-15(4)11-16/h9-11,13,17,20H,5-8,12,19H2,1-4H3. The summed E-state index contributed by atoms with van der Waals surface area (Å²) in [6.07, 6.45) is 6.54. The van der Waals surface area contributed by atoms with Gasteiger partial charge in [0.2, 0.25) is 0 Å². The Bertz CT molecular complexity index is 424. The van der Waals surface area contributed by atoms with Gasteiger partial charge in [-0.15, -0.1) is 0 Å². The molecule has 1 fully saturated rings. The van der Waals surface area contributed by atoms with Gasteiger partial charge >= 0.3 is 0 Å². The molecule has 0 heterocycles. The lowest BCUT2D eigenvalue weighted by atomic mass is 9.70. The molecule has 1 unspecified atom stereocenters. The minimum Gasteiger partial charge on any atom is -0.271 e. The first-order valence-corrected chi connectivity index (χ1v) is 8.01. The second-order valence-corrected chi connectivity index (χ2v) is 7.19. The predicted molar refractivity (Wildman–Crippen MR) is 86.3 cm³/mol. The van der Waals surface area contributed by atoms with E-state index in [-0.39, 0.29) is 6.04 Å². The summed E-state index contributed by atoms with van der Waals surface area (Å²) in [6.45, 7) is 9.01. The monoisotopic (exact) mass is 274 g/mol. The van der Waals surface area contributed by atoms with Crippen LogP contribution in [0.4, 0.5) is 0 Å². The van der Waals surface area contributed by atoms with Crippen molar-refractivity contribution in [3.05, 3.63) is 34.9 Å². The van der Waals surface area contributed by atoms with Crippen molar-refractivity contribution in [2.24, 2.45) is 17.2 Å². The molecule has 0 aromatic heterocycles. The number of hydrazine groups is 1. The number of nitrogens with one attached hydrogen (secondary N) is 1. The lowest BCUT2D eigenvalue weighted by Gasteiger charge is -2.39. The molecule has 0 saturated heterocycles. The smallest absolute Gasteiger partial charge is 0.0516 e. The zero-order chi connectivity index (χ0) is 14.8. The molecule has 2 rings (SSSR count). The van der Waals surface area contributed by atoms with Crippen LogP contribution in [0.5, 0.6) is 0 Å². The van der Waals surface area contributed by atoms with Crippen LogP contribution in [0.25, 0.3) is 0 Å². The fourth-order valence-electron chi connectivity index (χ4n) is 4.31. The molecular formula is C18H30N2. The van der Waals surface area contributed by atoms with E-state index in [0.29, 0.717) is 5.41 Å². The highest BCUT2D eigenvalue weighted by Gasteiger charge is 2.41. The lowest BCUT2D eigenvalue weighted by molar-refractivity contribution is 0.156. The van der Waals surface area contributed by atoms with E-state index in [0.717, 1.165) is 5.92 Å². The van der Waals surface area contributed by atoms with Crippen molar-refractivity contribution in [3.8, 4) is 0 Å². The molecule has 2 nitrogen and oxygen atoms in total. The van der Waals surface area contributed by atoms with E-state index in [9.17, 15) is 0 Å². The first-order chi connectivity index (χ1) is 9.47. The quantitative estimate of drug-likeness (QED) is 0.616. The minimum absolute atomic E-state index is 0.283. The molecule has 0 amide bonds. The molecule has 20 heavy (non-hydrogen) atoms. The SMILES string of the molecule is Cc1cc(C)cc(C(NN)C2(CC(C)C)CCCC2)c1. The predicted octanol–water partition coefficient (Wildman–Crippen LogP) is 4.41. The van der Waals surface area contributed by atoms with Crippen LogP contribution < -0.4 is 11.3 Å². The van der Waals surface area contributed by atoms with Crippen LogP contribution in [0.1, 0.15) is 68.7 Å². The summed E-state index contributed by atoms with van der Waals surface area (Å²) in [7, 11) is 0. The van der Waals surface area contributed by atoms with E-state index in [1.807, 2.05) is 0 Å². The molecule has 1 aliphatic carbocycles. The highest BCUT2D eigenvalue weighted by Crippen LogP contribution is 2.51. The Labute approximate surface area is 124 Å². The average Bonchev–Trinajstić information content (AvgIpc) is 2.76. The maximum Gasteiger partial charge on any atom is 0.0516 e. The fraction of sp³-hybridized carbons (Fsp3) is 0.667. The average molecular weight is 274 g/mol. The molecule has 0 radical (unpaired) electrons. The van der Waals surface area contributed by atoms with Gasteiger partial charge in [0.25, 0.3) is 0 Å². The van der Waals surface area contributed by atoms with Crippen molar-refractivity contribution in [2.45, 2.75) is 65.8 Å². The van der Waals surface area contributed by atoms with Gasteiger partial charge in [0.05, 0.1) is 6.04 Å². The Morgan fingerprint density at radius 3 is 2.10 bits per heavy atom. The Morgan fingerprint density at radius 2 is 1.65 bits per heavy atom. The van der Waals surface area contributed by atoms with Crippen molar-refractivity contribution < 1.29 is 0 Å². The highest BCUT2D eigenvalue weighted by atomic mass is 15.2. The third-order valence-corrected chi connectivity index (χ3v) is 4.77. The third kappa shape index (κ3) is 3.24. The van der Waals surface area contributed by atoms with E-state index in [1.165, 1.54) is 48.8 Å². The van der Waals surface area contributed by atoms with E-state index < -0.39 is 0 Å². The van der Waals surface area contributed by atoms with Crippen LogP contribution in [-0.2, 0) is 0 Å². The number of benzene rings is 1. The van der Waals surface area contributed by atoms with Crippen molar-refractivity contribution in [1.82, 2.24) is 5.43 Å². The maximum atomic E-state index is 6.00. The Morgan fingerprint density at radius 1 is 1.10 bits per heavy atom. The van der Waals surface area contributed by atoms with Crippen LogP contribution >= 0.6 is 0 Å². The summed E-state index contributed by atoms with van der Waals surface area (Å²) in [4.78, 5) is 0. The first-order valence-electron chi connectivity index (χ1n) is 8.01. The summed E-state index contributed by atoms with van der Waals surface area (Å²) < 4.78 is 0. The van der Waals surface area contributed by atoms with Gasteiger partial charge in [-0.3, -0.25) is 11.3 Å². The van der Waals surface area contributed by atoms with E-state index in [1.54, 1.807) is 0 Å². The number of rotatable bonds is 5. The van der Waals surface area contributed by atoms with Crippen LogP contribution in [0, 0.1) is 25.2 Å². The largest absolute Gasteiger partial charge is 0.271 e. The van der Waals surface area contributed by atoms with Gasteiger partial charge in [0, 0.05) is 0 Å². The van der Waals surface area contributed by atoms with Gasteiger partial charge in [-0.1, -0.05) is 56.0 Å². The maximum absolute atomic E-state index is 6.00. The molecule has 0 aliphatic heterocycles. The van der Waals surface area contributed by atoms with Gasteiger partial charge in [0.15, 0.2) is 0 Å². The Hall–Kier alpha value is -0.860. The molecule has 3 N–H and O–H groups in total. The number of aryl methyl sites for hydroxylation is 2. The number of hydrogen-bond donors (Lipinski definition) is 2. The van der Waals surface area contributed by atoms with Crippen molar-refractivity contribution in [2.75, 3.05) is 0 Å². The molecule has 1 aromatic rings. The summed E-state index contributed by atoms with van der Waals surface area (Å²) in [6, 6.07) is 7.13. The van der Waals surface area contributed by atoms with Gasteiger partial charge in [-0.25, -0.2) is 0 Å². The summed E-state index contributed by atoms with van der Waals surface area (Å²) in [5.41, 5.74) is 7.53. The van der Waals surface area contributed by atoms with Gasteiger partial charge < -0.3 is 0 Å². The molecule has 2 heteroatoms. The molecular weight excluding hydrogens is 244 g/mol. The summed E-state index contributed by atoms with van der Waals surface area (Å²) in [5, 5.41) is 0. The molecule has 0 spiro atoms. The topological polar surface area (TPSA) is 38.0 Å². The van der Waals surface area contributed by atoms with Crippen LogP contribution in [-0.4, -0.2) is 0 Å². The number of hydrogen-bond acceptors (Lipinski definition) is 2. The zero-order valence-electron chi connectivity index (χ0n) is 13.5. The van der Waals surface area contributed by atoms with Gasteiger partial charge in [-0.2, -0.15) is 0 Å². The van der Waals surface area contributed by atoms with Crippen LogP contribution in [0.3, 0.4) is 0 Å². The van der Waals surface area contributed by atoms with E-state index in [4.69, 9.17) is 5.84 Å². The van der Waals surface area contributed by atoms with Gasteiger partial charge in [-0.05, 0) is 50.0 Å². The van der Waals surface area contributed by atoms with E-state index in [2.05, 4.69) is 51.3 Å². The third-order valence-electron chi connectivity index (χ3n) is 4.77. The molecule has 112 valence electrons. The lowest BCUT2D eigenvalue weighted by Crippen LogP contribution is -2.41. The van der Waals surface area contributed by atoms with Crippen molar-refractivity contribution >= 4 is 0 Å². The van der Waals surface area contributed by atoms with Crippen LogP contribution in [0.15, 0.2) is 18.2 Å². The van der Waals surface area contributed by atoms with Crippen molar-refractivity contribution in [3.63, 3.8) is 0 Å². The Balaban J connectivity index is 2.37. The molecule has 1 atom stereocenters. The Kier molecular flexibility index (Phi) is 4.87. The first kappa shape index (κ1) is 15.5. The minimum atomic E-state index is 0.283. The molecule has 1 aromatic carbocycles. The normalized spacial score (nSPS) is 19.5. The fourth-order valence-corrected chi connectivity index (χ4v) is 4.31. The summed E-state index contributed by atoms with van der Waals surface area (Å²) >= 11 is 0. The van der Waals surface area contributed by atoms with Crippen molar-refractivity contribution in [1.29, 1.82) is 0 Å².